The van der Waals surface area contributed by atoms with Crippen LogP contribution in [0.5, 0.6) is 5.75 Å². The van der Waals surface area contributed by atoms with Crippen molar-refractivity contribution in [3.05, 3.63) is 72.8 Å². The lowest BCUT2D eigenvalue weighted by Gasteiger charge is -2.00. The Morgan fingerprint density at radius 2 is 1.55 bits per heavy atom. The Morgan fingerprint density at radius 3 is 2.36 bits per heavy atom. The lowest BCUT2D eigenvalue weighted by atomic mass is 10.1. The van der Waals surface area contributed by atoms with E-state index >= 15 is 0 Å². The third-order valence-corrected chi connectivity index (χ3v) is 4.70. The number of nitrogens with zero attached hydrogens (tertiary/aromatic N) is 1. The van der Waals surface area contributed by atoms with Gasteiger partial charge < -0.3 is 5.11 Å². The van der Waals surface area contributed by atoms with Crippen LogP contribution in [0, 0.1) is 0 Å². The van der Waals surface area contributed by atoms with Crippen LogP contribution in [0.1, 0.15) is 0 Å². The third-order valence-electron chi connectivity index (χ3n) is 3.63. The first-order chi connectivity index (χ1) is 10.8. The van der Waals surface area contributed by atoms with Crippen LogP contribution in [-0.4, -0.2) is 10.1 Å². The second-order valence-corrected chi connectivity index (χ2v) is 6.12. The van der Waals surface area contributed by atoms with E-state index in [0.717, 1.165) is 26.4 Å². The van der Waals surface area contributed by atoms with Gasteiger partial charge in [-0.05, 0) is 35.4 Å². The van der Waals surface area contributed by atoms with Crippen molar-refractivity contribution in [2.45, 2.75) is 0 Å². The molecule has 0 saturated carbocycles. The van der Waals surface area contributed by atoms with Crippen molar-refractivity contribution in [2.75, 3.05) is 0 Å². The van der Waals surface area contributed by atoms with Crippen LogP contribution in [-0.2, 0) is 0 Å². The monoisotopic (exact) mass is 303 g/mol. The molecule has 2 nitrogen and oxygen atoms in total. The summed E-state index contributed by atoms with van der Waals surface area (Å²) >= 11 is 1.60. The number of thiazole rings is 1. The van der Waals surface area contributed by atoms with Gasteiger partial charge in [0.2, 0.25) is 0 Å². The first-order valence-electron chi connectivity index (χ1n) is 7.06. The summed E-state index contributed by atoms with van der Waals surface area (Å²) in [4.78, 5) is 4.69. The first kappa shape index (κ1) is 13.0. The molecule has 0 spiro atoms. The molecule has 0 atom stereocenters. The summed E-state index contributed by atoms with van der Waals surface area (Å²) in [6.45, 7) is 0. The maximum atomic E-state index is 9.99. The summed E-state index contributed by atoms with van der Waals surface area (Å²) in [6.07, 6.45) is 0. The normalized spacial score (nSPS) is 10.9. The van der Waals surface area contributed by atoms with Crippen molar-refractivity contribution < 1.29 is 5.11 Å². The van der Waals surface area contributed by atoms with E-state index in [1.165, 1.54) is 5.56 Å². The number of phenols is 1. The molecule has 3 heteroatoms. The Labute approximate surface area is 132 Å². The molecule has 22 heavy (non-hydrogen) atoms. The van der Waals surface area contributed by atoms with Gasteiger partial charge in [0.15, 0.2) is 0 Å². The van der Waals surface area contributed by atoms with E-state index in [-0.39, 0.29) is 5.75 Å². The van der Waals surface area contributed by atoms with E-state index in [1.807, 2.05) is 36.4 Å². The number of phenolic OH excluding ortho intramolecular Hbond substituents is 1. The van der Waals surface area contributed by atoms with Crippen LogP contribution in [0.25, 0.3) is 31.9 Å². The summed E-state index contributed by atoms with van der Waals surface area (Å²) < 4.78 is 1.12. The highest BCUT2D eigenvalue weighted by Gasteiger charge is 2.10. The van der Waals surface area contributed by atoms with Crippen molar-refractivity contribution in [1.29, 1.82) is 0 Å². The van der Waals surface area contributed by atoms with Gasteiger partial charge in [0.1, 0.15) is 10.8 Å². The molecule has 4 aromatic rings. The molecule has 0 saturated heterocycles. The molecule has 0 unspecified atom stereocenters. The number of hydrogen-bond acceptors (Lipinski definition) is 3. The van der Waals surface area contributed by atoms with E-state index in [9.17, 15) is 5.11 Å². The maximum Gasteiger partial charge on any atom is 0.128 e. The Bertz CT molecular complexity index is 944. The number of aromatic nitrogens is 1. The van der Waals surface area contributed by atoms with E-state index in [4.69, 9.17) is 0 Å². The van der Waals surface area contributed by atoms with Gasteiger partial charge in [-0.25, -0.2) is 4.98 Å². The second-order valence-electron chi connectivity index (χ2n) is 5.08. The number of hydrogen-bond donors (Lipinski definition) is 1. The highest BCUT2D eigenvalue weighted by Crippen LogP contribution is 2.36. The van der Waals surface area contributed by atoms with Gasteiger partial charge >= 0.3 is 0 Å². The minimum atomic E-state index is 0.268. The Hall–Kier alpha value is -2.65. The quantitative estimate of drug-likeness (QED) is 0.542. The SMILES string of the molecule is Oc1ccccc1-c1nc2cc(-c3ccccc3)ccc2s1. The standard InChI is InChI=1S/C19H13NOS/c21-17-9-5-4-8-15(17)19-20-16-12-14(10-11-18(16)22-19)13-6-2-1-3-7-13/h1-12,21H. The summed E-state index contributed by atoms with van der Waals surface area (Å²) in [5.41, 5.74) is 4.08. The molecule has 0 aliphatic heterocycles. The molecule has 0 aliphatic carbocycles. The zero-order chi connectivity index (χ0) is 14.9. The molecular weight excluding hydrogens is 290 g/mol. The van der Waals surface area contributed by atoms with Gasteiger partial charge in [0.05, 0.1) is 15.8 Å². The third kappa shape index (κ3) is 2.26. The van der Waals surface area contributed by atoms with Gasteiger partial charge in [-0.15, -0.1) is 11.3 Å². The fourth-order valence-corrected chi connectivity index (χ4v) is 3.49. The van der Waals surface area contributed by atoms with Gasteiger partial charge in [-0.1, -0.05) is 48.5 Å². The summed E-state index contributed by atoms with van der Waals surface area (Å²) in [7, 11) is 0. The zero-order valence-electron chi connectivity index (χ0n) is 11.7. The number of rotatable bonds is 2. The van der Waals surface area contributed by atoms with E-state index in [0.29, 0.717) is 0 Å². The number of fused-ring (bicyclic) bond motifs is 1. The maximum absolute atomic E-state index is 9.99. The van der Waals surface area contributed by atoms with E-state index < -0.39 is 0 Å². The lowest BCUT2D eigenvalue weighted by molar-refractivity contribution is 0.477. The Balaban J connectivity index is 1.84. The average molecular weight is 303 g/mol. The topological polar surface area (TPSA) is 33.1 Å². The van der Waals surface area contributed by atoms with E-state index in [1.54, 1.807) is 17.4 Å². The summed E-state index contributed by atoms with van der Waals surface area (Å²) in [5.74, 6) is 0.268. The largest absolute Gasteiger partial charge is 0.507 e. The lowest BCUT2D eigenvalue weighted by Crippen LogP contribution is -1.78. The minimum absolute atomic E-state index is 0.268. The van der Waals surface area contributed by atoms with Crippen molar-refractivity contribution in [2.24, 2.45) is 0 Å². The number of aromatic hydroxyl groups is 1. The van der Waals surface area contributed by atoms with Crippen molar-refractivity contribution in [3.8, 4) is 27.4 Å². The molecule has 1 aromatic heterocycles. The van der Waals surface area contributed by atoms with Crippen molar-refractivity contribution in [1.82, 2.24) is 4.98 Å². The van der Waals surface area contributed by atoms with Gasteiger partial charge in [0.25, 0.3) is 0 Å². The van der Waals surface area contributed by atoms with Crippen LogP contribution in [0.4, 0.5) is 0 Å². The second kappa shape index (κ2) is 5.28. The molecule has 0 radical (unpaired) electrons. The number of benzene rings is 3. The highest BCUT2D eigenvalue weighted by molar-refractivity contribution is 7.21. The predicted octanol–water partition coefficient (Wildman–Crippen LogP) is 5.34. The molecule has 4 rings (SSSR count). The van der Waals surface area contributed by atoms with Crippen LogP contribution < -0.4 is 0 Å². The highest BCUT2D eigenvalue weighted by atomic mass is 32.1. The smallest absolute Gasteiger partial charge is 0.128 e. The summed E-state index contributed by atoms with van der Waals surface area (Å²) in [6, 6.07) is 23.9. The molecule has 3 aromatic carbocycles. The molecule has 1 N–H and O–H groups in total. The Kier molecular flexibility index (Phi) is 3.13. The fourth-order valence-electron chi connectivity index (χ4n) is 2.51. The zero-order valence-corrected chi connectivity index (χ0v) is 12.5. The molecule has 0 aliphatic rings. The molecule has 0 amide bonds. The van der Waals surface area contributed by atoms with Gasteiger partial charge in [0, 0.05) is 0 Å². The van der Waals surface area contributed by atoms with Crippen molar-refractivity contribution >= 4 is 21.6 Å². The molecule has 0 fully saturated rings. The van der Waals surface area contributed by atoms with Crippen molar-refractivity contribution in [3.63, 3.8) is 0 Å². The Morgan fingerprint density at radius 1 is 0.773 bits per heavy atom. The summed E-state index contributed by atoms with van der Waals surface area (Å²) in [5, 5.41) is 10.8. The minimum Gasteiger partial charge on any atom is -0.507 e. The van der Waals surface area contributed by atoms with E-state index in [2.05, 4.69) is 35.3 Å². The molecule has 106 valence electrons. The first-order valence-corrected chi connectivity index (χ1v) is 7.87. The van der Waals surface area contributed by atoms with Crippen LogP contribution in [0.2, 0.25) is 0 Å². The van der Waals surface area contributed by atoms with Gasteiger partial charge in [-0.3, -0.25) is 0 Å². The van der Waals surface area contributed by atoms with Gasteiger partial charge in [-0.2, -0.15) is 0 Å². The predicted molar refractivity (Wildman–Crippen MR) is 92.2 cm³/mol. The average Bonchev–Trinajstić information content (AvgIpc) is 2.99. The van der Waals surface area contributed by atoms with Crippen LogP contribution >= 0.6 is 11.3 Å². The number of para-hydroxylation sites is 1. The van der Waals surface area contributed by atoms with Crippen LogP contribution in [0.15, 0.2) is 72.8 Å². The fraction of sp³-hybridized carbons (Fsp3) is 0. The molecule has 0 bridgehead atoms. The van der Waals surface area contributed by atoms with Crippen LogP contribution in [0.3, 0.4) is 0 Å². The molecular formula is C19H13NOS. The molecule has 1 heterocycles.